The van der Waals surface area contributed by atoms with Crippen molar-refractivity contribution in [3.05, 3.63) is 70.7 Å². The monoisotopic (exact) mass is 388 g/mol. The zero-order chi connectivity index (χ0) is 19.4. The molecular formula is C19H14ClFN2O4. The van der Waals surface area contributed by atoms with E-state index < -0.39 is 24.3 Å². The van der Waals surface area contributed by atoms with Crippen molar-refractivity contribution in [2.75, 3.05) is 11.9 Å². The quantitative estimate of drug-likeness (QED) is 0.661. The lowest BCUT2D eigenvalue weighted by molar-refractivity contribution is -0.119. The maximum absolute atomic E-state index is 13.1. The predicted molar refractivity (Wildman–Crippen MR) is 97.0 cm³/mol. The molecule has 1 N–H and O–H groups in total. The highest BCUT2D eigenvalue weighted by molar-refractivity contribution is 6.33. The number of benzene rings is 2. The summed E-state index contributed by atoms with van der Waals surface area (Å²) in [4.78, 5) is 24.4. The molecule has 0 unspecified atom stereocenters. The molecule has 0 atom stereocenters. The maximum atomic E-state index is 13.1. The van der Waals surface area contributed by atoms with Crippen molar-refractivity contribution in [2.24, 2.45) is 0 Å². The number of halogens is 2. The summed E-state index contributed by atoms with van der Waals surface area (Å²) in [7, 11) is 0. The van der Waals surface area contributed by atoms with Gasteiger partial charge in [-0.15, -0.1) is 0 Å². The molecule has 2 aromatic carbocycles. The van der Waals surface area contributed by atoms with Crippen molar-refractivity contribution < 1.29 is 23.2 Å². The average Bonchev–Trinajstić information content (AvgIpc) is 3.01. The number of aromatic nitrogens is 1. The molecule has 0 fully saturated rings. The van der Waals surface area contributed by atoms with Gasteiger partial charge in [-0.1, -0.05) is 41.0 Å². The molecular weight excluding hydrogens is 375 g/mol. The second-order valence-electron chi connectivity index (χ2n) is 5.58. The Morgan fingerprint density at radius 1 is 1.22 bits per heavy atom. The predicted octanol–water partition coefficient (Wildman–Crippen LogP) is 4.24. The van der Waals surface area contributed by atoms with Crippen LogP contribution in [0.25, 0.3) is 11.3 Å². The number of hydrogen-bond donors (Lipinski definition) is 1. The number of anilines is 1. The molecule has 1 aromatic heterocycles. The van der Waals surface area contributed by atoms with Gasteiger partial charge >= 0.3 is 5.97 Å². The summed E-state index contributed by atoms with van der Waals surface area (Å²) < 4.78 is 23.3. The lowest BCUT2D eigenvalue weighted by Crippen LogP contribution is -2.21. The van der Waals surface area contributed by atoms with Crippen LogP contribution in [0.15, 0.2) is 53.1 Å². The van der Waals surface area contributed by atoms with Crippen molar-refractivity contribution >= 4 is 29.2 Å². The van der Waals surface area contributed by atoms with Gasteiger partial charge in [0.15, 0.2) is 6.61 Å². The minimum atomic E-state index is -0.780. The number of ether oxygens (including phenoxy) is 1. The maximum Gasteiger partial charge on any atom is 0.344 e. The fraction of sp³-hybridized carbons (Fsp3) is 0.105. The molecule has 1 heterocycles. The summed E-state index contributed by atoms with van der Waals surface area (Å²) in [6.07, 6.45) is 0. The smallest absolute Gasteiger partial charge is 0.344 e. The van der Waals surface area contributed by atoms with Crippen molar-refractivity contribution in [3.63, 3.8) is 0 Å². The highest BCUT2D eigenvalue weighted by Gasteiger charge is 2.24. The molecule has 0 aliphatic rings. The van der Waals surface area contributed by atoms with Crippen LogP contribution >= 0.6 is 11.6 Å². The Bertz CT molecular complexity index is 1000. The van der Waals surface area contributed by atoms with Gasteiger partial charge in [-0.3, -0.25) is 4.79 Å². The Morgan fingerprint density at radius 2 is 2.00 bits per heavy atom. The van der Waals surface area contributed by atoms with E-state index in [1.165, 1.54) is 18.2 Å². The van der Waals surface area contributed by atoms with Crippen LogP contribution in [-0.4, -0.2) is 23.6 Å². The number of carbonyl (C=O) groups excluding carboxylic acids is 2. The van der Waals surface area contributed by atoms with Gasteiger partial charge in [-0.25, -0.2) is 9.18 Å². The van der Waals surface area contributed by atoms with Crippen LogP contribution < -0.4 is 5.32 Å². The Labute approximate surface area is 158 Å². The van der Waals surface area contributed by atoms with Crippen LogP contribution in [0, 0.1) is 12.7 Å². The fourth-order valence-corrected chi connectivity index (χ4v) is 2.64. The number of hydrogen-bond acceptors (Lipinski definition) is 5. The number of nitrogens with zero attached hydrogens (tertiary/aromatic N) is 1. The van der Waals surface area contributed by atoms with Gasteiger partial charge in [0, 0.05) is 11.3 Å². The third kappa shape index (κ3) is 4.32. The third-order valence-electron chi connectivity index (χ3n) is 3.64. The van der Waals surface area contributed by atoms with Gasteiger partial charge < -0.3 is 14.6 Å². The molecule has 0 aliphatic carbocycles. The van der Waals surface area contributed by atoms with Gasteiger partial charge in [0.1, 0.15) is 22.8 Å². The molecule has 0 radical (unpaired) electrons. The molecule has 0 saturated carbocycles. The second kappa shape index (κ2) is 8.01. The SMILES string of the molecule is Cc1onc(-c2ccccc2Cl)c1C(=O)OCC(=O)Nc1cccc(F)c1. The molecule has 0 aliphatic heterocycles. The number of amides is 1. The minimum Gasteiger partial charge on any atom is -0.452 e. The lowest BCUT2D eigenvalue weighted by Gasteiger charge is -2.07. The Morgan fingerprint density at radius 3 is 2.74 bits per heavy atom. The third-order valence-corrected chi connectivity index (χ3v) is 3.97. The van der Waals surface area contributed by atoms with Crippen molar-refractivity contribution in [3.8, 4) is 11.3 Å². The summed E-state index contributed by atoms with van der Waals surface area (Å²) >= 11 is 6.15. The molecule has 3 aromatic rings. The minimum absolute atomic E-state index is 0.0849. The number of esters is 1. The van der Waals surface area contributed by atoms with E-state index in [9.17, 15) is 14.0 Å². The Kier molecular flexibility index (Phi) is 5.52. The molecule has 27 heavy (non-hydrogen) atoms. The Balaban J connectivity index is 1.71. The molecule has 0 bridgehead atoms. The standard InChI is InChI=1S/C19H14ClFN2O4/c1-11-17(18(23-27-11)14-7-2-3-8-15(14)20)19(25)26-10-16(24)22-13-6-4-5-12(21)9-13/h2-9H,10H2,1H3,(H,22,24). The fourth-order valence-electron chi connectivity index (χ4n) is 2.42. The number of carbonyl (C=O) groups is 2. The highest BCUT2D eigenvalue weighted by Crippen LogP contribution is 2.31. The van der Waals surface area contributed by atoms with Gasteiger partial charge in [0.05, 0.1) is 5.02 Å². The van der Waals surface area contributed by atoms with Gasteiger partial charge in [0.2, 0.25) is 0 Å². The first kappa shape index (κ1) is 18.6. The lowest BCUT2D eigenvalue weighted by atomic mass is 10.1. The van der Waals surface area contributed by atoms with E-state index in [4.69, 9.17) is 20.9 Å². The van der Waals surface area contributed by atoms with Crippen LogP contribution in [0.5, 0.6) is 0 Å². The topological polar surface area (TPSA) is 81.4 Å². The van der Waals surface area contributed by atoms with E-state index in [2.05, 4.69) is 10.5 Å². The van der Waals surface area contributed by atoms with E-state index in [-0.39, 0.29) is 22.7 Å². The molecule has 3 rings (SSSR count). The normalized spacial score (nSPS) is 10.5. The highest BCUT2D eigenvalue weighted by atomic mass is 35.5. The van der Waals surface area contributed by atoms with Crippen molar-refractivity contribution in [1.29, 1.82) is 0 Å². The van der Waals surface area contributed by atoms with Crippen LogP contribution in [0.1, 0.15) is 16.1 Å². The van der Waals surface area contributed by atoms with E-state index >= 15 is 0 Å². The first-order valence-corrected chi connectivity index (χ1v) is 8.27. The van der Waals surface area contributed by atoms with E-state index in [0.29, 0.717) is 10.6 Å². The van der Waals surface area contributed by atoms with Gasteiger partial charge in [-0.2, -0.15) is 0 Å². The molecule has 1 amide bonds. The largest absolute Gasteiger partial charge is 0.452 e. The van der Waals surface area contributed by atoms with Crippen LogP contribution in [0.3, 0.4) is 0 Å². The summed E-state index contributed by atoms with van der Waals surface area (Å²) in [5.74, 6) is -1.64. The summed E-state index contributed by atoms with van der Waals surface area (Å²) in [5.41, 5.74) is 1.08. The number of nitrogens with one attached hydrogen (secondary N) is 1. The summed E-state index contributed by atoms with van der Waals surface area (Å²) in [6, 6.07) is 12.2. The molecule has 0 saturated heterocycles. The van der Waals surface area contributed by atoms with E-state index in [1.54, 1.807) is 31.2 Å². The Hall–Kier alpha value is -3.19. The first-order valence-electron chi connectivity index (χ1n) is 7.89. The first-order chi connectivity index (χ1) is 13.0. The van der Waals surface area contributed by atoms with Crippen LogP contribution in [0.4, 0.5) is 10.1 Å². The van der Waals surface area contributed by atoms with Crippen LogP contribution in [-0.2, 0) is 9.53 Å². The number of rotatable bonds is 5. The molecule has 0 spiro atoms. The summed E-state index contributed by atoms with van der Waals surface area (Å²) in [6.45, 7) is 0.999. The van der Waals surface area contributed by atoms with E-state index in [1.807, 2.05) is 0 Å². The van der Waals surface area contributed by atoms with Crippen LogP contribution in [0.2, 0.25) is 5.02 Å². The van der Waals surface area contributed by atoms with Crippen molar-refractivity contribution in [2.45, 2.75) is 6.92 Å². The average molecular weight is 389 g/mol. The summed E-state index contributed by atoms with van der Waals surface area (Å²) in [5, 5.41) is 6.70. The van der Waals surface area contributed by atoms with Crippen molar-refractivity contribution in [1.82, 2.24) is 5.16 Å². The zero-order valence-corrected chi connectivity index (χ0v) is 14.9. The zero-order valence-electron chi connectivity index (χ0n) is 14.2. The van der Waals surface area contributed by atoms with E-state index in [0.717, 1.165) is 6.07 Å². The van der Waals surface area contributed by atoms with Gasteiger partial charge in [-0.05, 0) is 31.2 Å². The number of aryl methyl sites for hydroxylation is 1. The molecule has 6 nitrogen and oxygen atoms in total. The second-order valence-corrected chi connectivity index (χ2v) is 5.98. The molecule has 138 valence electrons. The molecule has 8 heteroatoms. The van der Waals surface area contributed by atoms with Gasteiger partial charge in [0.25, 0.3) is 5.91 Å².